The zero-order chi connectivity index (χ0) is 16.0. The number of aliphatic imine (C=N–C) groups is 1. The summed E-state index contributed by atoms with van der Waals surface area (Å²) in [6.45, 7) is 5.03. The minimum absolute atomic E-state index is 0.0375. The number of rotatable bonds is 0. The van der Waals surface area contributed by atoms with Gasteiger partial charge in [-0.2, -0.15) is 0 Å². The molecule has 114 valence electrons. The molecule has 2 aromatic carbocycles. The van der Waals surface area contributed by atoms with Gasteiger partial charge in [0.05, 0.1) is 5.52 Å². The predicted molar refractivity (Wildman–Crippen MR) is 94.6 cm³/mol. The lowest BCUT2D eigenvalue weighted by molar-refractivity contribution is 0.746. The molecule has 3 aromatic rings. The summed E-state index contributed by atoms with van der Waals surface area (Å²) in [6.07, 6.45) is 0. The van der Waals surface area contributed by atoms with E-state index in [2.05, 4.69) is 26.0 Å². The van der Waals surface area contributed by atoms with Crippen LogP contribution in [-0.4, -0.2) is 16.9 Å². The fraction of sp³-hybridized carbons (Fsp3) is 0.200. The molecule has 0 N–H and O–H groups in total. The second-order valence-electron chi connectivity index (χ2n) is 6.17. The maximum absolute atomic E-state index is 12.6. The van der Waals surface area contributed by atoms with Crippen molar-refractivity contribution in [3.05, 3.63) is 81.6 Å². The van der Waals surface area contributed by atoms with Crippen LogP contribution in [0.4, 0.5) is 0 Å². The highest BCUT2D eigenvalue weighted by Crippen LogP contribution is 2.29. The Morgan fingerprint density at radius 2 is 1.87 bits per heavy atom. The molecule has 1 aliphatic heterocycles. The monoisotopic (exact) mass is 302 g/mol. The van der Waals surface area contributed by atoms with E-state index in [0.717, 1.165) is 22.3 Å². The van der Waals surface area contributed by atoms with E-state index in [-0.39, 0.29) is 5.56 Å². The van der Waals surface area contributed by atoms with Crippen molar-refractivity contribution in [2.45, 2.75) is 19.8 Å². The van der Waals surface area contributed by atoms with Gasteiger partial charge in [0, 0.05) is 24.1 Å². The van der Waals surface area contributed by atoms with Crippen molar-refractivity contribution in [2.24, 2.45) is 4.99 Å². The zero-order valence-corrected chi connectivity index (χ0v) is 13.3. The molecule has 1 aliphatic rings. The van der Waals surface area contributed by atoms with E-state index in [1.807, 2.05) is 36.4 Å². The molecule has 3 nitrogen and oxygen atoms in total. The van der Waals surface area contributed by atoms with E-state index >= 15 is 0 Å². The van der Waals surface area contributed by atoms with E-state index in [0.29, 0.717) is 12.5 Å². The number of aryl methyl sites for hydroxylation is 1. The standard InChI is InChI=1S/C20H18N2O/c1-13-6-5-8-16-19(13)14(2)12-21-20(16)22-17-9-4-3-7-15(17)10-11-18(22)23/h3-11,14H,12H2,1-2H3. The second-order valence-corrected chi connectivity index (χ2v) is 6.17. The van der Waals surface area contributed by atoms with Crippen LogP contribution in [0.1, 0.15) is 29.5 Å². The van der Waals surface area contributed by atoms with E-state index in [4.69, 9.17) is 4.99 Å². The van der Waals surface area contributed by atoms with Crippen molar-refractivity contribution in [3.63, 3.8) is 0 Å². The molecule has 1 atom stereocenters. The van der Waals surface area contributed by atoms with Gasteiger partial charge in [0.1, 0.15) is 5.84 Å². The van der Waals surface area contributed by atoms with Crippen molar-refractivity contribution in [3.8, 4) is 0 Å². The Bertz CT molecular complexity index is 998. The Labute approximate surface area is 134 Å². The number of fused-ring (bicyclic) bond motifs is 2. The summed E-state index contributed by atoms with van der Waals surface area (Å²) < 4.78 is 1.75. The van der Waals surface area contributed by atoms with E-state index in [1.165, 1.54) is 11.1 Å². The Kier molecular flexibility index (Phi) is 3.15. The molecular formula is C20H18N2O. The van der Waals surface area contributed by atoms with Crippen molar-refractivity contribution < 1.29 is 0 Å². The average molecular weight is 302 g/mol. The maximum atomic E-state index is 12.6. The van der Waals surface area contributed by atoms with Crippen molar-refractivity contribution in [2.75, 3.05) is 6.54 Å². The Morgan fingerprint density at radius 3 is 2.74 bits per heavy atom. The van der Waals surface area contributed by atoms with Crippen LogP contribution in [-0.2, 0) is 0 Å². The van der Waals surface area contributed by atoms with Crippen LogP contribution >= 0.6 is 0 Å². The minimum Gasteiger partial charge on any atom is -0.269 e. The first kappa shape index (κ1) is 13.9. The third-order valence-corrected chi connectivity index (χ3v) is 4.59. The summed E-state index contributed by atoms with van der Waals surface area (Å²) in [5, 5.41) is 1.04. The lowest BCUT2D eigenvalue weighted by Crippen LogP contribution is -2.31. The average Bonchev–Trinajstić information content (AvgIpc) is 2.56. The lowest BCUT2D eigenvalue weighted by atomic mass is 9.88. The van der Waals surface area contributed by atoms with Gasteiger partial charge in [-0.1, -0.05) is 43.3 Å². The van der Waals surface area contributed by atoms with Gasteiger partial charge in [0.2, 0.25) is 0 Å². The summed E-state index contributed by atoms with van der Waals surface area (Å²) in [4.78, 5) is 17.3. The number of pyridine rings is 1. The van der Waals surface area contributed by atoms with Crippen LogP contribution in [0.25, 0.3) is 10.9 Å². The summed E-state index contributed by atoms with van der Waals surface area (Å²) in [6, 6.07) is 17.7. The first-order valence-electron chi connectivity index (χ1n) is 7.92. The normalized spacial score (nSPS) is 17.0. The quantitative estimate of drug-likeness (QED) is 0.623. The largest absolute Gasteiger partial charge is 0.269 e. The Hall–Kier alpha value is -2.68. The molecule has 0 fully saturated rings. The molecule has 23 heavy (non-hydrogen) atoms. The molecule has 0 amide bonds. The first-order chi connectivity index (χ1) is 11.2. The van der Waals surface area contributed by atoms with Crippen LogP contribution in [0.15, 0.2) is 64.4 Å². The highest BCUT2D eigenvalue weighted by Gasteiger charge is 2.23. The number of para-hydroxylation sites is 1. The summed E-state index contributed by atoms with van der Waals surface area (Å²) in [5.41, 5.74) is 4.50. The molecule has 0 radical (unpaired) electrons. The number of nitrogens with zero attached hydrogens (tertiary/aromatic N) is 2. The fourth-order valence-corrected chi connectivity index (χ4v) is 3.53. The fourth-order valence-electron chi connectivity index (χ4n) is 3.53. The molecule has 0 saturated heterocycles. The highest BCUT2D eigenvalue weighted by atomic mass is 16.1. The van der Waals surface area contributed by atoms with E-state index in [1.54, 1.807) is 10.6 Å². The van der Waals surface area contributed by atoms with Gasteiger partial charge >= 0.3 is 0 Å². The molecule has 0 aliphatic carbocycles. The number of hydrogen-bond donors (Lipinski definition) is 0. The van der Waals surface area contributed by atoms with Gasteiger partial charge in [0.15, 0.2) is 0 Å². The van der Waals surface area contributed by atoms with E-state index < -0.39 is 0 Å². The summed E-state index contributed by atoms with van der Waals surface area (Å²) in [7, 11) is 0. The zero-order valence-electron chi connectivity index (χ0n) is 13.3. The molecule has 2 heterocycles. The van der Waals surface area contributed by atoms with Crippen LogP contribution in [0.3, 0.4) is 0 Å². The van der Waals surface area contributed by atoms with Gasteiger partial charge in [-0.25, -0.2) is 0 Å². The molecule has 4 rings (SSSR count). The SMILES string of the molecule is Cc1cccc2c1C(C)CN=C2n1c(=O)ccc2ccccc21. The third-order valence-electron chi connectivity index (χ3n) is 4.59. The molecule has 0 spiro atoms. The van der Waals surface area contributed by atoms with Crippen LogP contribution in [0, 0.1) is 6.92 Å². The van der Waals surface area contributed by atoms with Gasteiger partial charge in [0.25, 0.3) is 5.56 Å². The van der Waals surface area contributed by atoms with Gasteiger partial charge < -0.3 is 0 Å². The molecule has 0 bridgehead atoms. The highest BCUT2D eigenvalue weighted by molar-refractivity contribution is 6.06. The molecule has 1 unspecified atom stereocenters. The van der Waals surface area contributed by atoms with Crippen LogP contribution < -0.4 is 5.56 Å². The van der Waals surface area contributed by atoms with Crippen molar-refractivity contribution in [1.29, 1.82) is 0 Å². The minimum atomic E-state index is -0.0375. The number of benzene rings is 2. The molecule has 0 saturated carbocycles. The number of hydrogen-bond acceptors (Lipinski definition) is 2. The molecule has 1 aromatic heterocycles. The van der Waals surface area contributed by atoms with E-state index in [9.17, 15) is 4.79 Å². The first-order valence-corrected chi connectivity index (χ1v) is 7.92. The number of aromatic nitrogens is 1. The topological polar surface area (TPSA) is 34.4 Å². The molecular weight excluding hydrogens is 284 g/mol. The summed E-state index contributed by atoms with van der Waals surface area (Å²) in [5.74, 6) is 1.14. The lowest BCUT2D eigenvalue weighted by Gasteiger charge is -2.25. The Morgan fingerprint density at radius 1 is 1.04 bits per heavy atom. The summed E-state index contributed by atoms with van der Waals surface area (Å²) >= 11 is 0. The third kappa shape index (κ3) is 2.12. The Balaban J connectivity index is 2.06. The predicted octanol–water partition coefficient (Wildman–Crippen LogP) is 3.72. The van der Waals surface area contributed by atoms with Crippen LogP contribution in [0.2, 0.25) is 0 Å². The van der Waals surface area contributed by atoms with Gasteiger partial charge in [-0.15, -0.1) is 0 Å². The molecule has 3 heteroatoms. The smallest absolute Gasteiger partial charge is 0.256 e. The van der Waals surface area contributed by atoms with Crippen LogP contribution in [0.5, 0.6) is 0 Å². The van der Waals surface area contributed by atoms with Crippen molar-refractivity contribution >= 4 is 16.7 Å². The van der Waals surface area contributed by atoms with Gasteiger partial charge in [-0.05, 0) is 35.6 Å². The maximum Gasteiger partial charge on any atom is 0.256 e. The second kappa shape index (κ2) is 5.20. The van der Waals surface area contributed by atoms with Crippen molar-refractivity contribution in [1.82, 2.24) is 4.57 Å². The van der Waals surface area contributed by atoms with Gasteiger partial charge in [-0.3, -0.25) is 14.4 Å².